The fourth-order valence-corrected chi connectivity index (χ4v) is 4.10. The van der Waals surface area contributed by atoms with Crippen molar-refractivity contribution in [2.24, 2.45) is 0 Å². The molecule has 1 fully saturated rings. The molecular weight excluding hydrogens is 432 g/mol. The molecule has 1 aliphatic heterocycles. The van der Waals surface area contributed by atoms with Gasteiger partial charge < -0.3 is 24.7 Å². The van der Waals surface area contributed by atoms with Crippen molar-refractivity contribution in [1.82, 2.24) is 15.5 Å². The van der Waals surface area contributed by atoms with E-state index < -0.39 is 11.8 Å². The average Bonchev–Trinajstić information content (AvgIpc) is 3.43. The molecule has 178 valence electrons. The number of nitrogens with one attached hydrogen (secondary N) is 2. The number of hydrogen-bond acceptors (Lipinski definition) is 6. The zero-order valence-corrected chi connectivity index (χ0v) is 19.3. The van der Waals surface area contributed by atoms with Gasteiger partial charge in [-0.1, -0.05) is 30.3 Å². The molecule has 1 atom stereocenters. The summed E-state index contributed by atoms with van der Waals surface area (Å²) in [6, 6.07) is 21.1. The lowest BCUT2D eigenvalue weighted by molar-refractivity contribution is -0.139. The summed E-state index contributed by atoms with van der Waals surface area (Å²) in [5.74, 6) is 0.308. The molecule has 3 aromatic rings. The van der Waals surface area contributed by atoms with Crippen molar-refractivity contribution in [2.75, 3.05) is 44.7 Å². The van der Waals surface area contributed by atoms with E-state index in [0.717, 1.165) is 48.9 Å². The molecular formula is C26H30N4O4. The Morgan fingerprint density at radius 1 is 0.912 bits per heavy atom. The molecule has 1 aromatic heterocycles. The first kappa shape index (κ1) is 23.4. The second-order valence-electron chi connectivity index (χ2n) is 8.13. The number of anilines is 1. The van der Waals surface area contributed by atoms with E-state index in [4.69, 9.17) is 9.15 Å². The van der Waals surface area contributed by atoms with E-state index in [1.54, 1.807) is 13.4 Å². The van der Waals surface area contributed by atoms with Crippen LogP contribution >= 0.6 is 0 Å². The summed E-state index contributed by atoms with van der Waals surface area (Å²) < 4.78 is 10.9. The van der Waals surface area contributed by atoms with Crippen molar-refractivity contribution in [3.8, 4) is 5.75 Å². The first-order chi connectivity index (χ1) is 16.6. The molecule has 8 heteroatoms. The average molecular weight is 463 g/mol. The first-order valence-corrected chi connectivity index (χ1v) is 11.4. The van der Waals surface area contributed by atoms with Gasteiger partial charge in [-0.3, -0.25) is 14.5 Å². The summed E-state index contributed by atoms with van der Waals surface area (Å²) in [5.41, 5.74) is 2.09. The maximum absolute atomic E-state index is 12.4. The molecule has 0 radical (unpaired) electrons. The molecule has 0 saturated carbocycles. The number of carbonyl (C=O) groups excluding carboxylic acids is 2. The van der Waals surface area contributed by atoms with Crippen LogP contribution < -0.4 is 20.3 Å². The lowest BCUT2D eigenvalue weighted by Crippen LogP contribution is -2.50. The van der Waals surface area contributed by atoms with Crippen LogP contribution in [0.1, 0.15) is 17.4 Å². The largest absolute Gasteiger partial charge is 0.497 e. The third-order valence-electron chi connectivity index (χ3n) is 6.02. The summed E-state index contributed by atoms with van der Waals surface area (Å²) in [6.45, 7) is 3.88. The summed E-state index contributed by atoms with van der Waals surface area (Å²) >= 11 is 0. The minimum atomic E-state index is -0.649. The van der Waals surface area contributed by atoms with Crippen molar-refractivity contribution < 1.29 is 18.7 Å². The molecule has 4 rings (SSSR count). The van der Waals surface area contributed by atoms with E-state index in [0.29, 0.717) is 6.54 Å². The van der Waals surface area contributed by atoms with Gasteiger partial charge in [0.05, 0.1) is 19.4 Å². The second-order valence-corrected chi connectivity index (χ2v) is 8.13. The first-order valence-electron chi connectivity index (χ1n) is 11.4. The predicted octanol–water partition coefficient (Wildman–Crippen LogP) is 2.58. The van der Waals surface area contributed by atoms with Crippen molar-refractivity contribution in [2.45, 2.75) is 12.6 Å². The van der Waals surface area contributed by atoms with Crippen LogP contribution in [0.5, 0.6) is 5.75 Å². The monoisotopic (exact) mass is 462 g/mol. The third kappa shape index (κ3) is 5.96. The number of hydrogen-bond donors (Lipinski definition) is 2. The van der Waals surface area contributed by atoms with Gasteiger partial charge in [0.1, 0.15) is 11.5 Å². The van der Waals surface area contributed by atoms with Crippen molar-refractivity contribution in [3.05, 3.63) is 84.3 Å². The minimum absolute atomic E-state index is 0.154. The number of carbonyl (C=O) groups is 2. The molecule has 2 amide bonds. The third-order valence-corrected chi connectivity index (χ3v) is 6.02. The quantitative estimate of drug-likeness (QED) is 0.501. The Balaban J connectivity index is 1.31. The van der Waals surface area contributed by atoms with Crippen LogP contribution in [-0.2, 0) is 16.1 Å². The van der Waals surface area contributed by atoms with E-state index in [1.807, 2.05) is 54.6 Å². The number of furan rings is 1. The number of piperazine rings is 1. The zero-order chi connectivity index (χ0) is 23.8. The highest BCUT2D eigenvalue weighted by molar-refractivity contribution is 6.35. The van der Waals surface area contributed by atoms with E-state index in [2.05, 4.69) is 32.6 Å². The van der Waals surface area contributed by atoms with Crippen molar-refractivity contribution in [1.29, 1.82) is 0 Å². The van der Waals surface area contributed by atoms with Gasteiger partial charge in [-0.15, -0.1) is 0 Å². The van der Waals surface area contributed by atoms with Crippen LogP contribution in [0.15, 0.2) is 77.4 Å². The number of methoxy groups -OCH3 is 1. The number of nitrogens with zero attached hydrogens (tertiary/aromatic N) is 2. The fourth-order valence-electron chi connectivity index (χ4n) is 4.10. The molecule has 8 nitrogen and oxygen atoms in total. The highest BCUT2D eigenvalue weighted by Crippen LogP contribution is 2.25. The fraction of sp³-hybridized carbons (Fsp3) is 0.308. The number of amides is 2. The molecule has 2 aromatic carbocycles. The minimum Gasteiger partial charge on any atom is -0.497 e. The molecule has 2 N–H and O–H groups in total. The molecule has 0 bridgehead atoms. The van der Waals surface area contributed by atoms with Crippen LogP contribution in [0.3, 0.4) is 0 Å². The Morgan fingerprint density at radius 3 is 2.26 bits per heavy atom. The highest BCUT2D eigenvalue weighted by atomic mass is 16.5. The Labute approximate surface area is 199 Å². The lowest BCUT2D eigenvalue weighted by atomic mass is 10.1. The van der Waals surface area contributed by atoms with Crippen LogP contribution in [0.4, 0.5) is 5.69 Å². The SMILES string of the molecule is COc1ccc(N2CCN([C@@H](CNC(=O)C(=O)NCc3ccccc3)c3ccco3)CC2)cc1. The molecule has 34 heavy (non-hydrogen) atoms. The highest BCUT2D eigenvalue weighted by Gasteiger charge is 2.28. The molecule has 0 unspecified atom stereocenters. The molecule has 0 aliphatic carbocycles. The molecule has 2 heterocycles. The molecule has 0 spiro atoms. The van der Waals surface area contributed by atoms with E-state index in [1.165, 1.54) is 0 Å². The molecule has 1 saturated heterocycles. The van der Waals surface area contributed by atoms with E-state index in [-0.39, 0.29) is 12.6 Å². The number of benzene rings is 2. The Morgan fingerprint density at radius 2 is 1.62 bits per heavy atom. The second kappa shape index (κ2) is 11.4. The summed E-state index contributed by atoms with van der Waals surface area (Å²) in [4.78, 5) is 29.3. The Bertz CT molecular complexity index is 1050. The Kier molecular flexibility index (Phi) is 7.83. The maximum atomic E-state index is 12.4. The zero-order valence-electron chi connectivity index (χ0n) is 19.3. The van der Waals surface area contributed by atoms with Crippen molar-refractivity contribution >= 4 is 17.5 Å². The van der Waals surface area contributed by atoms with Crippen LogP contribution in [0, 0.1) is 0 Å². The summed E-state index contributed by atoms with van der Waals surface area (Å²) in [7, 11) is 1.66. The van der Waals surface area contributed by atoms with Gasteiger partial charge in [-0.2, -0.15) is 0 Å². The van der Waals surface area contributed by atoms with Crippen LogP contribution in [0.25, 0.3) is 0 Å². The van der Waals surface area contributed by atoms with Crippen LogP contribution in [-0.4, -0.2) is 56.5 Å². The van der Waals surface area contributed by atoms with Gasteiger partial charge >= 0.3 is 11.8 Å². The standard InChI is InChI=1S/C26H30N4O4/c1-33-22-11-9-21(10-12-22)29-13-15-30(16-14-29)23(24-8-5-17-34-24)19-28-26(32)25(31)27-18-20-6-3-2-4-7-20/h2-12,17,23H,13-16,18-19H2,1H3,(H,27,31)(H,28,32)/t23-/m0/s1. The van der Waals surface area contributed by atoms with E-state index >= 15 is 0 Å². The van der Waals surface area contributed by atoms with Gasteiger partial charge in [0.25, 0.3) is 0 Å². The summed E-state index contributed by atoms with van der Waals surface area (Å²) in [5, 5.41) is 5.45. The van der Waals surface area contributed by atoms with Gasteiger partial charge in [-0.25, -0.2) is 0 Å². The summed E-state index contributed by atoms with van der Waals surface area (Å²) in [6.07, 6.45) is 1.63. The van der Waals surface area contributed by atoms with Crippen molar-refractivity contribution in [3.63, 3.8) is 0 Å². The maximum Gasteiger partial charge on any atom is 0.309 e. The smallest absolute Gasteiger partial charge is 0.309 e. The Hall–Kier alpha value is -3.78. The van der Waals surface area contributed by atoms with Gasteiger partial charge in [0.15, 0.2) is 0 Å². The number of rotatable bonds is 8. The van der Waals surface area contributed by atoms with Gasteiger partial charge in [-0.05, 0) is 42.0 Å². The van der Waals surface area contributed by atoms with E-state index in [9.17, 15) is 9.59 Å². The van der Waals surface area contributed by atoms with Gasteiger partial charge in [0, 0.05) is 45.0 Å². The van der Waals surface area contributed by atoms with Crippen LogP contribution in [0.2, 0.25) is 0 Å². The van der Waals surface area contributed by atoms with Gasteiger partial charge in [0.2, 0.25) is 0 Å². The molecule has 1 aliphatic rings. The number of ether oxygens (including phenoxy) is 1. The lowest BCUT2D eigenvalue weighted by Gasteiger charge is -2.39. The normalized spacial score (nSPS) is 14.9. The predicted molar refractivity (Wildman–Crippen MR) is 130 cm³/mol. The topological polar surface area (TPSA) is 87.0 Å².